The van der Waals surface area contributed by atoms with Crippen molar-refractivity contribution in [3.63, 3.8) is 0 Å². The predicted octanol–water partition coefficient (Wildman–Crippen LogP) is 9.85. The van der Waals surface area contributed by atoms with Crippen LogP contribution in [-0.2, 0) is 6.54 Å². The second-order valence-electron chi connectivity index (χ2n) is 15.5. The first-order valence-corrected chi connectivity index (χ1v) is 20.7. The van der Waals surface area contributed by atoms with Crippen LogP contribution in [0.25, 0.3) is 44.3 Å². The van der Waals surface area contributed by atoms with Gasteiger partial charge in [-0.3, -0.25) is 10.3 Å². The molecule has 9 nitrogen and oxygen atoms in total. The lowest BCUT2D eigenvalue weighted by Crippen LogP contribution is -2.55. The quantitative estimate of drug-likeness (QED) is 0.129. The van der Waals surface area contributed by atoms with Crippen LogP contribution in [0.1, 0.15) is 43.7 Å². The molecule has 0 aliphatic carbocycles. The van der Waals surface area contributed by atoms with Gasteiger partial charge >= 0.3 is 0 Å². The van der Waals surface area contributed by atoms with E-state index in [0.29, 0.717) is 54.1 Å². The lowest BCUT2D eigenvalue weighted by Gasteiger charge is -2.45. The largest absolute Gasteiger partial charge is 0.494 e. The Morgan fingerprint density at radius 3 is 1.85 bits per heavy atom. The standard InChI is InChI=1S/C48H48F2N8O/c1-3-59-44-30-33(21-20-32(44)2)31-56-26-22-34(23-27-56)58(55-47-51-42-18-10-6-14-38(42)45(53-47)36-12-4-8-16-40(36)49)35-24-28-57(29-25-35)48-52-43-19-11-7-15-39(43)46(54-48)37-13-5-9-17-41(37)50/h4-21,30,34-35H,3,22-29,31H2,1-2H3,(H,51,53,55). The fourth-order valence-electron chi connectivity index (χ4n) is 8.66. The highest BCUT2D eigenvalue weighted by Gasteiger charge is 2.34. The maximum atomic E-state index is 15.3. The van der Waals surface area contributed by atoms with Crippen LogP contribution >= 0.6 is 0 Å². The third kappa shape index (κ3) is 8.17. The van der Waals surface area contributed by atoms with E-state index in [2.05, 4.69) is 45.4 Å². The molecule has 0 spiro atoms. The molecule has 1 N–H and O–H groups in total. The summed E-state index contributed by atoms with van der Waals surface area (Å²) in [6, 6.07) is 36.0. The number of para-hydroxylation sites is 2. The van der Waals surface area contributed by atoms with Gasteiger partial charge in [0.2, 0.25) is 11.9 Å². The average Bonchev–Trinajstić information content (AvgIpc) is 3.27. The molecule has 0 amide bonds. The first-order chi connectivity index (χ1) is 28.9. The SMILES string of the molecule is CCOc1cc(CN2CCC(N(Nc3nc(-c4ccccc4F)c4ccccc4n3)C3CCN(c4nc(-c5ccccc5F)c5ccccc5n4)CC3)CC2)ccc1C. The van der Waals surface area contributed by atoms with Crippen LogP contribution in [0.2, 0.25) is 0 Å². The van der Waals surface area contributed by atoms with Crippen LogP contribution in [0.4, 0.5) is 20.7 Å². The molecule has 0 atom stereocenters. The molecule has 2 aromatic heterocycles. The second kappa shape index (κ2) is 17.1. The van der Waals surface area contributed by atoms with Gasteiger partial charge in [-0.1, -0.05) is 72.8 Å². The van der Waals surface area contributed by atoms with Crippen molar-refractivity contribution < 1.29 is 13.5 Å². The zero-order valence-corrected chi connectivity index (χ0v) is 33.5. The molecular weight excluding hydrogens is 743 g/mol. The van der Waals surface area contributed by atoms with Crippen LogP contribution in [0, 0.1) is 18.6 Å². The Morgan fingerprint density at radius 2 is 1.22 bits per heavy atom. The van der Waals surface area contributed by atoms with E-state index in [9.17, 15) is 0 Å². The molecular formula is C48H48F2N8O. The number of benzene rings is 5. The Bertz CT molecular complexity index is 2590. The summed E-state index contributed by atoms with van der Waals surface area (Å²) in [5.74, 6) is 1.36. The van der Waals surface area contributed by atoms with Gasteiger partial charge < -0.3 is 9.64 Å². The van der Waals surface area contributed by atoms with Crippen molar-refractivity contribution in [3.05, 3.63) is 138 Å². The zero-order valence-electron chi connectivity index (χ0n) is 33.5. The van der Waals surface area contributed by atoms with Gasteiger partial charge in [0.25, 0.3) is 0 Å². The fraction of sp³-hybridized carbons (Fsp3) is 0.292. The molecule has 2 aliphatic rings. The molecule has 0 radical (unpaired) electrons. The van der Waals surface area contributed by atoms with E-state index in [1.54, 1.807) is 24.3 Å². The zero-order chi connectivity index (χ0) is 40.3. The molecule has 0 unspecified atom stereocenters. The van der Waals surface area contributed by atoms with Crippen LogP contribution in [-0.4, -0.2) is 74.7 Å². The molecule has 2 fully saturated rings. The first kappa shape index (κ1) is 38.5. The predicted molar refractivity (Wildman–Crippen MR) is 231 cm³/mol. The maximum Gasteiger partial charge on any atom is 0.238 e. The smallest absolute Gasteiger partial charge is 0.238 e. The Hall–Kier alpha value is -6.04. The van der Waals surface area contributed by atoms with E-state index < -0.39 is 0 Å². The van der Waals surface area contributed by atoms with Gasteiger partial charge in [0.1, 0.15) is 17.4 Å². The number of fused-ring (bicyclic) bond motifs is 2. The van der Waals surface area contributed by atoms with E-state index >= 15 is 8.78 Å². The summed E-state index contributed by atoms with van der Waals surface area (Å²) in [5.41, 5.74) is 9.70. The summed E-state index contributed by atoms with van der Waals surface area (Å²) in [6.07, 6.45) is 3.56. The molecule has 59 heavy (non-hydrogen) atoms. The Morgan fingerprint density at radius 1 is 0.661 bits per heavy atom. The highest BCUT2D eigenvalue weighted by atomic mass is 19.1. The molecule has 11 heteroatoms. The summed E-state index contributed by atoms with van der Waals surface area (Å²) in [4.78, 5) is 24.7. The summed E-state index contributed by atoms with van der Waals surface area (Å²) in [7, 11) is 0. The molecule has 7 aromatic rings. The topological polar surface area (TPSA) is 82.5 Å². The van der Waals surface area contributed by atoms with E-state index in [0.717, 1.165) is 78.4 Å². The number of hydrazine groups is 1. The number of halogens is 2. The van der Waals surface area contributed by atoms with Gasteiger partial charge in [0.15, 0.2) is 0 Å². The van der Waals surface area contributed by atoms with Gasteiger partial charge in [-0.2, -0.15) is 0 Å². The minimum atomic E-state index is -0.324. The van der Waals surface area contributed by atoms with Gasteiger partial charge in [0, 0.05) is 66.7 Å². The highest BCUT2D eigenvalue weighted by molar-refractivity contribution is 5.94. The number of aromatic nitrogens is 4. The van der Waals surface area contributed by atoms with Gasteiger partial charge in [-0.05, 0) is 93.1 Å². The average molecular weight is 791 g/mol. The number of rotatable bonds is 11. The fourth-order valence-corrected chi connectivity index (χ4v) is 8.66. The number of ether oxygens (including phenoxy) is 1. The third-order valence-corrected chi connectivity index (χ3v) is 11.7. The molecule has 0 saturated carbocycles. The maximum absolute atomic E-state index is 15.3. The van der Waals surface area contributed by atoms with Gasteiger partial charge in [0.05, 0.1) is 29.0 Å². The number of likely N-dealkylation sites (tertiary alicyclic amines) is 1. The summed E-state index contributed by atoms with van der Waals surface area (Å²) in [5, 5.41) is 4.00. The minimum Gasteiger partial charge on any atom is -0.494 e. The van der Waals surface area contributed by atoms with E-state index in [4.69, 9.17) is 24.7 Å². The summed E-state index contributed by atoms with van der Waals surface area (Å²) in [6.45, 7) is 8.90. The van der Waals surface area contributed by atoms with Crippen LogP contribution in [0.3, 0.4) is 0 Å². The normalized spacial score (nSPS) is 15.6. The van der Waals surface area contributed by atoms with Gasteiger partial charge in [-0.25, -0.2) is 33.7 Å². The minimum absolute atomic E-state index is 0.145. The molecule has 9 rings (SSSR count). The highest BCUT2D eigenvalue weighted by Crippen LogP contribution is 2.34. The van der Waals surface area contributed by atoms with Crippen molar-refractivity contribution in [2.75, 3.05) is 43.1 Å². The van der Waals surface area contributed by atoms with Crippen molar-refractivity contribution in [2.45, 2.75) is 58.2 Å². The number of anilines is 2. The van der Waals surface area contributed by atoms with Crippen molar-refractivity contribution in [1.29, 1.82) is 0 Å². The number of aryl methyl sites for hydroxylation is 1. The van der Waals surface area contributed by atoms with Crippen LogP contribution in [0.15, 0.2) is 115 Å². The number of nitrogens with one attached hydrogen (secondary N) is 1. The molecule has 0 bridgehead atoms. The Balaban J connectivity index is 0.993. The van der Waals surface area contributed by atoms with Crippen molar-refractivity contribution in [1.82, 2.24) is 29.8 Å². The van der Waals surface area contributed by atoms with Crippen molar-refractivity contribution in [3.8, 4) is 28.3 Å². The Labute approximate surface area is 343 Å². The van der Waals surface area contributed by atoms with Crippen molar-refractivity contribution in [2.24, 2.45) is 0 Å². The number of hydrogen-bond donors (Lipinski definition) is 1. The molecule has 5 aromatic carbocycles. The summed E-state index contributed by atoms with van der Waals surface area (Å²) >= 11 is 0. The number of piperidine rings is 2. The van der Waals surface area contributed by atoms with E-state index in [1.807, 2.05) is 67.6 Å². The van der Waals surface area contributed by atoms with Gasteiger partial charge in [-0.15, -0.1) is 0 Å². The number of hydrogen-bond acceptors (Lipinski definition) is 9. The monoisotopic (exact) mass is 790 g/mol. The third-order valence-electron chi connectivity index (χ3n) is 11.7. The molecule has 2 aliphatic heterocycles. The summed E-state index contributed by atoms with van der Waals surface area (Å²) < 4.78 is 36.4. The molecule has 300 valence electrons. The first-order valence-electron chi connectivity index (χ1n) is 20.7. The second-order valence-corrected chi connectivity index (χ2v) is 15.5. The Kier molecular flexibility index (Phi) is 11.1. The van der Waals surface area contributed by atoms with Crippen LogP contribution in [0.5, 0.6) is 5.75 Å². The van der Waals surface area contributed by atoms with Crippen LogP contribution < -0.4 is 15.1 Å². The van der Waals surface area contributed by atoms with E-state index in [-0.39, 0.29) is 23.7 Å². The lowest BCUT2D eigenvalue weighted by atomic mass is 9.98. The number of nitrogens with zero attached hydrogens (tertiary/aromatic N) is 7. The lowest BCUT2D eigenvalue weighted by molar-refractivity contribution is 0.0808. The molecule has 4 heterocycles. The van der Waals surface area contributed by atoms with E-state index in [1.165, 1.54) is 17.7 Å². The van der Waals surface area contributed by atoms with Crippen molar-refractivity contribution >= 4 is 33.7 Å². The molecule has 2 saturated heterocycles.